The smallest absolute Gasteiger partial charge is 0.326 e. The summed E-state index contributed by atoms with van der Waals surface area (Å²) < 4.78 is 3.54. The number of carbonyl (C=O) groups is 6. The average molecular weight is 1030 g/mol. The number of benzene rings is 2. The fourth-order valence-corrected chi connectivity index (χ4v) is 9.49. The molecule has 21 heteroatoms. The second kappa shape index (κ2) is 28.6. The molecule has 3 aliphatic rings. The number of amides is 5. The molecule has 10 N–H and O–H groups in total. The second-order valence-electron chi connectivity index (χ2n) is 19.1. The number of nitrogens with zero attached hydrogens (tertiary/aromatic N) is 5. The number of rotatable bonds is 20. The van der Waals surface area contributed by atoms with Gasteiger partial charge in [-0.15, -0.1) is 4.68 Å². The van der Waals surface area contributed by atoms with Gasteiger partial charge >= 0.3 is 5.97 Å². The first-order valence-electron chi connectivity index (χ1n) is 25.0. The molecule has 1 aromatic heterocycles. The minimum absolute atomic E-state index is 0. The molecule has 393 valence electrons. The van der Waals surface area contributed by atoms with Crippen molar-refractivity contribution < 1.29 is 55.6 Å². The molecule has 2 fully saturated rings. The maximum Gasteiger partial charge on any atom is 0.326 e. The Labute approximate surface area is 428 Å². The predicted octanol–water partition coefficient (Wildman–Crippen LogP) is -0.790. The Balaban J connectivity index is 0.00000937. The Kier molecular flexibility index (Phi) is 22.7. The van der Waals surface area contributed by atoms with Crippen molar-refractivity contribution in [3.05, 3.63) is 89.7 Å². The number of carbonyl (C=O) groups excluding carboxylic acids is 5. The molecule has 2 saturated heterocycles. The maximum atomic E-state index is 14.4. The Bertz CT molecular complexity index is 2180. The molecule has 71 heavy (non-hydrogen) atoms. The fraction of sp³-hybridized carbons (Fsp3) is 0.580. The first kappa shape index (κ1) is 56.5. The van der Waals surface area contributed by atoms with E-state index in [1.54, 1.807) is 61.9 Å². The normalized spacial score (nSPS) is 20.5. The van der Waals surface area contributed by atoms with E-state index in [0.717, 1.165) is 81.5 Å². The van der Waals surface area contributed by atoms with Crippen LogP contribution >= 0.6 is 0 Å². The predicted molar refractivity (Wildman–Crippen MR) is 262 cm³/mol. The molecule has 3 aromatic rings. The molecule has 2 unspecified atom stereocenters. The number of likely N-dealkylation sites (tertiary alicyclic amines) is 1. The standard InChI is InChI=1S/C50H75N13O7.Cu/c1-34(2)45(48(67)56-41(27-36-14-6-4-7-15-36)47(66)58-43(50(69)70)28-37-16-8-5-9-17-37)62-35(3)26-42(49(62)68)57-46(65)40(18-10-11-19-51)55-44(64)33-61-32-39-31-60-25-13-22-53-24-23-52-20-12-21-54-29-38(30-60)63(39)59-61;/h4-9,14-17,32,34-35,40-43,45,52-54H,10-13,18-31,33,51H2,1-3H3,(H,55,64)(H,56,67)(H,57,65)(H,58,66)(H,69,70);/t35?,40-,41-,42-,43-,45-;/m0./s1. The van der Waals surface area contributed by atoms with Gasteiger partial charge in [0.2, 0.25) is 23.6 Å². The van der Waals surface area contributed by atoms with Crippen molar-refractivity contribution >= 4 is 35.5 Å². The SMILES string of the molecule is CC(C)[C@@H](C(=O)N[C@@H](Cc1ccccc1)C(=O)N[C@@H](Cc1ccccc1)C(=O)O)N1C(=O)[C@@H](NC(=O)[C@H](CCCCN)NC(=O)Cn2cc3[n+](n2)[C-]2CNCCCNCCNCCCN(C3)C2)CC1C.[Cu]. The zero-order valence-electron chi connectivity index (χ0n) is 41.3. The van der Waals surface area contributed by atoms with Crippen molar-refractivity contribution in [2.75, 3.05) is 58.9 Å². The number of fused-ring (bicyclic) bond motifs is 4. The van der Waals surface area contributed by atoms with Crippen LogP contribution in [0.5, 0.6) is 0 Å². The Morgan fingerprint density at radius 1 is 0.831 bits per heavy atom. The van der Waals surface area contributed by atoms with Crippen molar-refractivity contribution in [2.24, 2.45) is 11.7 Å². The summed E-state index contributed by atoms with van der Waals surface area (Å²) in [6.07, 6.45) is 5.66. The van der Waals surface area contributed by atoms with Crippen molar-refractivity contribution in [3.63, 3.8) is 0 Å². The van der Waals surface area contributed by atoms with Crippen LogP contribution in [-0.2, 0) is 71.8 Å². The maximum absolute atomic E-state index is 14.4. The van der Waals surface area contributed by atoms with Crippen molar-refractivity contribution in [3.8, 4) is 0 Å². The molecule has 3 aliphatic heterocycles. The molecule has 2 aromatic carbocycles. The minimum Gasteiger partial charge on any atom is -0.480 e. The van der Waals surface area contributed by atoms with E-state index in [2.05, 4.69) is 42.1 Å². The molecular formula is C50H75CuN13O7. The summed E-state index contributed by atoms with van der Waals surface area (Å²) in [7, 11) is 0. The number of nitrogens with two attached hydrogens (primary N) is 1. The molecule has 20 nitrogen and oxygen atoms in total. The molecule has 6 rings (SSSR count). The molecule has 1 radical (unpaired) electrons. The van der Waals surface area contributed by atoms with Gasteiger partial charge in [-0.2, -0.15) is 0 Å². The average Bonchev–Trinajstić information content (AvgIpc) is 3.86. The number of nitrogens with one attached hydrogen (secondary N) is 7. The molecular weight excluding hydrogens is 958 g/mol. The van der Waals surface area contributed by atoms with E-state index in [-0.39, 0.29) is 49.3 Å². The number of carboxylic acid groups (broad SMARTS) is 1. The monoisotopic (exact) mass is 1030 g/mol. The summed E-state index contributed by atoms with van der Waals surface area (Å²) in [5, 5.41) is 36.7. The van der Waals surface area contributed by atoms with Gasteiger partial charge < -0.3 is 57.9 Å². The zero-order chi connectivity index (χ0) is 50.0. The van der Waals surface area contributed by atoms with Crippen LogP contribution < -0.4 is 47.6 Å². The third kappa shape index (κ3) is 16.8. The molecule has 2 bridgehead atoms. The van der Waals surface area contributed by atoms with E-state index in [4.69, 9.17) is 10.9 Å². The fourth-order valence-electron chi connectivity index (χ4n) is 9.49. The molecule has 7 atom stereocenters. The summed E-state index contributed by atoms with van der Waals surface area (Å²) in [5.74, 6) is -4.32. The quantitative estimate of drug-likeness (QED) is 0.0292. The van der Waals surface area contributed by atoms with Gasteiger partial charge in [0.1, 0.15) is 30.2 Å². The van der Waals surface area contributed by atoms with Crippen LogP contribution in [0.3, 0.4) is 0 Å². The van der Waals surface area contributed by atoms with Crippen molar-refractivity contribution in [1.29, 1.82) is 0 Å². The van der Waals surface area contributed by atoms with Crippen LogP contribution in [0, 0.1) is 12.0 Å². The Morgan fingerprint density at radius 3 is 2.11 bits per heavy atom. The summed E-state index contributed by atoms with van der Waals surface area (Å²) in [6.45, 7) is 13.3. The molecule has 0 spiro atoms. The third-order valence-corrected chi connectivity index (χ3v) is 13.0. The third-order valence-electron chi connectivity index (χ3n) is 13.0. The second-order valence-corrected chi connectivity index (χ2v) is 19.1. The number of unbranched alkanes of at least 4 members (excludes halogenated alkanes) is 1. The molecule has 4 heterocycles. The van der Waals surface area contributed by atoms with Crippen LogP contribution in [0.15, 0.2) is 66.9 Å². The number of aromatic nitrogens is 3. The van der Waals surface area contributed by atoms with Gasteiger partial charge in [0.25, 0.3) is 5.91 Å². The largest absolute Gasteiger partial charge is 0.480 e. The van der Waals surface area contributed by atoms with Gasteiger partial charge in [-0.1, -0.05) is 74.5 Å². The zero-order valence-corrected chi connectivity index (χ0v) is 42.3. The van der Waals surface area contributed by atoms with Crippen LogP contribution in [0.4, 0.5) is 0 Å². The van der Waals surface area contributed by atoms with E-state index >= 15 is 0 Å². The van der Waals surface area contributed by atoms with Gasteiger partial charge in [0.15, 0.2) is 6.54 Å². The summed E-state index contributed by atoms with van der Waals surface area (Å²) >= 11 is 0. The van der Waals surface area contributed by atoms with Crippen molar-refractivity contribution in [2.45, 2.75) is 121 Å². The van der Waals surface area contributed by atoms with Crippen LogP contribution in [0.2, 0.25) is 0 Å². The Morgan fingerprint density at radius 2 is 1.46 bits per heavy atom. The minimum atomic E-state index is -1.27. The summed E-state index contributed by atoms with van der Waals surface area (Å²) in [6, 6.07) is 13.2. The molecule has 0 aliphatic carbocycles. The number of aliphatic carboxylic acids is 1. The summed E-state index contributed by atoms with van der Waals surface area (Å²) in [4.78, 5) is 86.7. The Hall–Kier alpha value is -5.41. The first-order valence-corrected chi connectivity index (χ1v) is 25.0. The van der Waals surface area contributed by atoms with Gasteiger partial charge in [0.05, 0.1) is 11.4 Å². The van der Waals surface area contributed by atoms with Crippen LogP contribution in [0.25, 0.3) is 0 Å². The first-order chi connectivity index (χ1) is 33.8. The van der Waals surface area contributed by atoms with Gasteiger partial charge in [-0.3, -0.25) is 28.7 Å². The van der Waals surface area contributed by atoms with E-state index < -0.39 is 77.7 Å². The number of hydrogen-bond donors (Lipinski definition) is 9. The molecule has 0 saturated carbocycles. The molecule has 5 amide bonds. The van der Waals surface area contributed by atoms with Gasteiger partial charge in [0, 0.05) is 54.7 Å². The van der Waals surface area contributed by atoms with Crippen LogP contribution in [-0.4, -0.2) is 155 Å². The summed E-state index contributed by atoms with van der Waals surface area (Å²) in [5.41, 5.74) is 8.23. The van der Waals surface area contributed by atoms with E-state index in [0.29, 0.717) is 32.5 Å². The number of hydrogen-bond acceptors (Lipinski definition) is 12. The van der Waals surface area contributed by atoms with Gasteiger partial charge in [-0.05, 0) is 121 Å². The van der Waals surface area contributed by atoms with Gasteiger partial charge in [-0.25, -0.2) is 4.79 Å². The topological polar surface area (TPSA) is 261 Å². The van der Waals surface area contributed by atoms with Crippen LogP contribution in [0.1, 0.15) is 76.1 Å². The van der Waals surface area contributed by atoms with E-state index in [1.807, 2.05) is 35.1 Å². The van der Waals surface area contributed by atoms with E-state index in [9.17, 15) is 33.9 Å². The number of carboxylic acids is 1. The van der Waals surface area contributed by atoms with Crippen molar-refractivity contribution in [1.82, 2.24) is 56.9 Å². The van der Waals surface area contributed by atoms with E-state index in [1.165, 1.54) is 4.90 Å².